The van der Waals surface area contributed by atoms with Gasteiger partial charge >= 0.3 is 5.97 Å². The first-order chi connectivity index (χ1) is 13.1. The second-order valence-electron chi connectivity index (χ2n) is 8.39. The van der Waals surface area contributed by atoms with Gasteiger partial charge in [0.2, 0.25) is 0 Å². The normalized spacial score (nSPS) is 11.7. The predicted molar refractivity (Wildman–Crippen MR) is 118 cm³/mol. The lowest BCUT2D eigenvalue weighted by Crippen LogP contribution is -2.49. The van der Waals surface area contributed by atoms with E-state index in [-0.39, 0.29) is 5.97 Å². The molecule has 0 atom stereocenters. The Morgan fingerprint density at radius 2 is 1.00 bits per heavy atom. The minimum Gasteiger partial charge on any atom is -0.464 e. The Morgan fingerprint density at radius 1 is 0.630 bits per heavy atom. The van der Waals surface area contributed by atoms with Gasteiger partial charge < -0.3 is 10.5 Å². The zero-order valence-corrected chi connectivity index (χ0v) is 18.8. The fraction of sp³-hybridized carbons (Fsp3) is 0.958. The summed E-state index contributed by atoms with van der Waals surface area (Å²) in [6, 6.07) is 0. The van der Waals surface area contributed by atoms with E-state index in [1.54, 1.807) is 0 Å². The standard InChI is InChI=1S/C24H49NO2/c1-4-7-10-13-15-17-20-24(25,21-18-16-14-11-8-5-2)23(26)27-22-19-12-9-6-3/h4-22,25H2,1-3H3. The number of carbonyl (C=O) groups excluding carboxylic acids is 1. The monoisotopic (exact) mass is 383 g/mol. The molecule has 3 nitrogen and oxygen atoms in total. The van der Waals surface area contributed by atoms with Gasteiger partial charge in [-0.25, -0.2) is 0 Å². The summed E-state index contributed by atoms with van der Waals surface area (Å²) < 4.78 is 5.58. The third kappa shape index (κ3) is 15.1. The van der Waals surface area contributed by atoms with Crippen LogP contribution in [0.25, 0.3) is 0 Å². The Kier molecular flexibility index (Phi) is 18.4. The molecule has 2 N–H and O–H groups in total. The van der Waals surface area contributed by atoms with E-state index in [0.29, 0.717) is 6.61 Å². The SMILES string of the molecule is CCCCCCCCC(N)(CCCCCCCC)C(=O)OCCCCCC. The average Bonchev–Trinajstić information content (AvgIpc) is 2.67. The molecule has 0 aromatic heterocycles. The van der Waals surface area contributed by atoms with Gasteiger partial charge in [-0.15, -0.1) is 0 Å². The molecule has 0 amide bonds. The quantitative estimate of drug-likeness (QED) is 0.177. The second-order valence-corrected chi connectivity index (χ2v) is 8.39. The third-order valence-electron chi connectivity index (χ3n) is 5.59. The first-order valence-corrected chi connectivity index (χ1v) is 12.1. The van der Waals surface area contributed by atoms with Gasteiger partial charge in [0.1, 0.15) is 5.54 Å². The summed E-state index contributed by atoms with van der Waals surface area (Å²) in [5, 5.41) is 0. The lowest BCUT2D eigenvalue weighted by atomic mass is 9.87. The number of rotatable bonds is 20. The summed E-state index contributed by atoms with van der Waals surface area (Å²) in [5.74, 6) is -0.152. The molecule has 0 heterocycles. The molecule has 27 heavy (non-hydrogen) atoms. The maximum atomic E-state index is 12.7. The summed E-state index contributed by atoms with van der Waals surface area (Å²) in [6.45, 7) is 7.20. The summed E-state index contributed by atoms with van der Waals surface area (Å²) in [6.07, 6.45) is 20.8. The highest BCUT2D eigenvalue weighted by atomic mass is 16.5. The van der Waals surface area contributed by atoms with Crippen LogP contribution in [0.15, 0.2) is 0 Å². The van der Waals surface area contributed by atoms with E-state index >= 15 is 0 Å². The molecule has 0 saturated carbocycles. The Morgan fingerprint density at radius 3 is 1.44 bits per heavy atom. The zero-order chi connectivity index (χ0) is 20.2. The Hall–Kier alpha value is -0.570. The van der Waals surface area contributed by atoms with Gasteiger partial charge in [-0.1, -0.05) is 117 Å². The molecule has 0 aliphatic heterocycles. The van der Waals surface area contributed by atoms with Gasteiger partial charge in [-0.2, -0.15) is 0 Å². The lowest BCUT2D eigenvalue weighted by Gasteiger charge is -2.27. The summed E-state index contributed by atoms with van der Waals surface area (Å²) in [7, 11) is 0. The van der Waals surface area contributed by atoms with E-state index in [0.717, 1.165) is 38.5 Å². The number of unbranched alkanes of at least 4 members (excludes halogenated alkanes) is 13. The predicted octanol–water partition coefficient (Wildman–Crippen LogP) is 7.31. The van der Waals surface area contributed by atoms with Crippen molar-refractivity contribution in [2.24, 2.45) is 5.73 Å². The van der Waals surface area contributed by atoms with Crippen molar-refractivity contribution in [1.82, 2.24) is 0 Å². The fourth-order valence-electron chi connectivity index (χ4n) is 3.61. The number of ether oxygens (including phenoxy) is 1. The van der Waals surface area contributed by atoms with Crippen LogP contribution in [0.2, 0.25) is 0 Å². The summed E-state index contributed by atoms with van der Waals surface area (Å²) in [4.78, 5) is 12.7. The minimum absolute atomic E-state index is 0.152. The molecule has 0 bridgehead atoms. The minimum atomic E-state index is -0.764. The highest BCUT2D eigenvalue weighted by Crippen LogP contribution is 2.23. The molecular weight excluding hydrogens is 334 g/mol. The number of nitrogens with two attached hydrogens (primary N) is 1. The first kappa shape index (κ1) is 26.4. The Balaban J connectivity index is 4.29. The molecule has 0 rings (SSSR count). The zero-order valence-electron chi connectivity index (χ0n) is 18.8. The number of carbonyl (C=O) groups is 1. The van der Waals surface area contributed by atoms with E-state index in [1.165, 1.54) is 77.0 Å². The lowest BCUT2D eigenvalue weighted by molar-refractivity contribution is -0.151. The summed E-state index contributed by atoms with van der Waals surface area (Å²) in [5.41, 5.74) is 5.83. The molecule has 0 aromatic carbocycles. The van der Waals surface area contributed by atoms with Crippen molar-refractivity contribution >= 4 is 5.97 Å². The van der Waals surface area contributed by atoms with Gasteiger partial charge in [0.25, 0.3) is 0 Å². The van der Waals surface area contributed by atoms with Crippen LogP contribution in [0.1, 0.15) is 136 Å². The average molecular weight is 384 g/mol. The highest BCUT2D eigenvalue weighted by molar-refractivity contribution is 5.80. The van der Waals surface area contributed by atoms with Crippen molar-refractivity contribution in [3.05, 3.63) is 0 Å². The van der Waals surface area contributed by atoms with E-state index in [9.17, 15) is 4.79 Å². The smallest absolute Gasteiger partial charge is 0.326 e. The maximum absolute atomic E-state index is 12.7. The number of hydrogen-bond acceptors (Lipinski definition) is 3. The van der Waals surface area contributed by atoms with Crippen LogP contribution in [-0.2, 0) is 9.53 Å². The van der Waals surface area contributed by atoms with E-state index in [1.807, 2.05) is 0 Å². The highest BCUT2D eigenvalue weighted by Gasteiger charge is 2.34. The van der Waals surface area contributed by atoms with Crippen molar-refractivity contribution in [2.45, 2.75) is 142 Å². The Bertz CT molecular complexity index is 314. The van der Waals surface area contributed by atoms with E-state index < -0.39 is 5.54 Å². The van der Waals surface area contributed by atoms with Gasteiger partial charge in [0.05, 0.1) is 6.61 Å². The molecule has 0 unspecified atom stereocenters. The van der Waals surface area contributed by atoms with Gasteiger partial charge in [0, 0.05) is 0 Å². The van der Waals surface area contributed by atoms with Crippen LogP contribution in [0.5, 0.6) is 0 Å². The van der Waals surface area contributed by atoms with Crippen LogP contribution in [-0.4, -0.2) is 18.1 Å². The van der Waals surface area contributed by atoms with Crippen LogP contribution in [0.4, 0.5) is 0 Å². The molecule has 0 aromatic rings. The molecule has 0 spiro atoms. The molecule has 0 saturated heterocycles. The Labute approximate surface area is 170 Å². The second kappa shape index (κ2) is 18.8. The number of esters is 1. The van der Waals surface area contributed by atoms with E-state index in [2.05, 4.69) is 20.8 Å². The van der Waals surface area contributed by atoms with E-state index in [4.69, 9.17) is 10.5 Å². The van der Waals surface area contributed by atoms with Crippen LogP contribution < -0.4 is 5.73 Å². The van der Waals surface area contributed by atoms with Gasteiger partial charge in [0.15, 0.2) is 0 Å². The molecule has 0 radical (unpaired) electrons. The van der Waals surface area contributed by atoms with Gasteiger partial charge in [-0.3, -0.25) is 4.79 Å². The molecule has 0 aliphatic rings. The molecule has 0 aliphatic carbocycles. The van der Waals surface area contributed by atoms with Crippen LogP contribution >= 0.6 is 0 Å². The van der Waals surface area contributed by atoms with Crippen LogP contribution in [0, 0.1) is 0 Å². The van der Waals surface area contributed by atoms with Crippen molar-refractivity contribution in [1.29, 1.82) is 0 Å². The molecular formula is C24H49NO2. The molecule has 0 fully saturated rings. The fourth-order valence-corrected chi connectivity index (χ4v) is 3.61. The van der Waals surface area contributed by atoms with Crippen molar-refractivity contribution in [3.63, 3.8) is 0 Å². The van der Waals surface area contributed by atoms with Crippen LogP contribution in [0.3, 0.4) is 0 Å². The summed E-state index contributed by atoms with van der Waals surface area (Å²) >= 11 is 0. The van der Waals surface area contributed by atoms with Crippen molar-refractivity contribution < 1.29 is 9.53 Å². The first-order valence-electron chi connectivity index (χ1n) is 12.1. The molecule has 162 valence electrons. The largest absolute Gasteiger partial charge is 0.464 e. The third-order valence-corrected chi connectivity index (χ3v) is 5.59. The molecule has 3 heteroatoms. The van der Waals surface area contributed by atoms with Crippen molar-refractivity contribution in [3.8, 4) is 0 Å². The topological polar surface area (TPSA) is 52.3 Å². The van der Waals surface area contributed by atoms with Gasteiger partial charge in [-0.05, 0) is 19.3 Å². The number of hydrogen-bond donors (Lipinski definition) is 1. The van der Waals surface area contributed by atoms with Crippen molar-refractivity contribution in [2.75, 3.05) is 6.61 Å². The maximum Gasteiger partial charge on any atom is 0.326 e.